The molecule has 0 spiro atoms. The van der Waals surface area contributed by atoms with Gasteiger partial charge in [0.25, 0.3) is 5.91 Å². The number of methoxy groups -OCH3 is 1. The molecule has 3 amide bonds. The van der Waals surface area contributed by atoms with E-state index < -0.39 is 6.03 Å². The van der Waals surface area contributed by atoms with Gasteiger partial charge in [0.05, 0.1) is 14.2 Å². The summed E-state index contributed by atoms with van der Waals surface area (Å²) < 4.78 is 5.18. The van der Waals surface area contributed by atoms with Gasteiger partial charge in [0.1, 0.15) is 12.3 Å². The van der Waals surface area contributed by atoms with Crippen LogP contribution in [0.15, 0.2) is 24.3 Å². The van der Waals surface area contributed by atoms with E-state index in [9.17, 15) is 9.59 Å². The number of urea groups is 1. The van der Waals surface area contributed by atoms with Gasteiger partial charge in [-0.25, -0.2) is 4.79 Å². The van der Waals surface area contributed by atoms with Crippen LogP contribution in [0.2, 0.25) is 0 Å². The Balaban J connectivity index is 2.42. The van der Waals surface area contributed by atoms with E-state index in [0.717, 1.165) is 22.6 Å². The molecule has 122 valence electrons. The van der Waals surface area contributed by atoms with Gasteiger partial charge in [0.15, 0.2) is 6.54 Å². The normalized spacial score (nSPS) is 13.1. The number of rotatable bonds is 7. The highest BCUT2D eigenvalue weighted by Gasteiger charge is 2.14. The summed E-state index contributed by atoms with van der Waals surface area (Å²) in [7, 11) is 3.53. The molecule has 0 saturated heterocycles. The monoisotopic (exact) mass is 308 g/mol. The van der Waals surface area contributed by atoms with Crippen molar-refractivity contribution in [3.8, 4) is 5.75 Å². The Hall–Kier alpha value is -2.08. The van der Waals surface area contributed by atoms with Crippen molar-refractivity contribution in [2.75, 3.05) is 20.7 Å². The van der Waals surface area contributed by atoms with Gasteiger partial charge >= 0.3 is 6.03 Å². The van der Waals surface area contributed by atoms with E-state index in [1.807, 2.05) is 45.2 Å². The molecule has 0 radical (unpaired) electrons. The summed E-state index contributed by atoms with van der Waals surface area (Å²) in [5.74, 6) is 0.504. The van der Waals surface area contributed by atoms with Gasteiger partial charge in [-0.15, -0.1) is 0 Å². The van der Waals surface area contributed by atoms with Gasteiger partial charge < -0.3 is 15.0 Å². The minimum Gasteiger partial charge on any atom is -0.497 e. The largest absolute Gasteiger partial charge is 0.497 e. The Labute approximate surface area is 131 Å². The highest BCUT2D eigenvalue weighted by atomic mass is 16.5. The van der Waals surface area contributed by atoms with E-state index in [0.29, 0.717) is 6.54 Å². The maximum absolute atomic E-state index is 11.8. The predicted molar refractivity (Wildman–Crippen MR) is 84.9 cm³/mol. The first-order valence-electron chi connectivity index (χ1n) is 7.49. The van der Waals surface area contributed by atoms with E-state index >= 15 is 0 Å². The minimum atomic E-state index is -0.437. The van der Waals surface area contributed by atoms with Gasteiger partial charge in [-0.05, 0) is 25.5 Å². The molecule has 1 aromatic rings. The molecule has 0 fully saturated rings. The number of hydrogen-bond donors (Lipinski definition) is 3. The molecule has 1 unspecified atom stereocenters. The topological polar surface area (TPSA) is 71.9 Å². The first-order chi connectivity index (χ1) is 10.4. The highest BCUT2D eigenvalue weighted by Crippen LogP contribution is 2.11. The van der Waals surface area contributed by atoms with Crippen LogP contribution in [-0.4, -0.2) is 38.7 Å². The Bertz CT molecular complexity index is 505. The molecule has 0 aliphatic carbocycles. The van der Waals surface area contributed by atoms with E-state index in [1.165, 1.54) is 0 Å². The number of likely N-dealkylation sites (N-methyl/N-ethyl adjacent to an activating group) is 1. The quantitative estimate of drug-likeness (QED) is 0.680. The number of carbonyl (C=O) groups excluding carboxylic acids is 2. The summed E-state index contributed by atoms with van der Waals surface area (Å²) in [5.41, 5.74) is 1.08. The average molecular weight is 308 g/mol. The second-order valence-electron chi connectivity index (χ2n) is 5.49. The van der Waals surface area contributed by atoms with Gasteiger partial charge in [0, 0.05) is 11.6 Å². The summed E-state index contributed by atoms with van der Waals surface area (Å²) in [6.45, 7) is 4.77. The van der Waals surface area contributed by atoms with Crippen LogP contribution >= 0.6 is 0 Å². The number of ether oxygens (including phenoxy) is 1. The van der Waals surface area contributed by atoms with Crippen LogP contribution in [0, 0.1) is 0 Å². The zero-order valence-electron chi connectivity index (χ0n) is 13.7. The summed E-state index contributed by atoms with van der Waals surface area (Å²) in [6.07, 6.45) is 0.822. The van der Waals surface area contributed by atoms with Crippen LogP contribution in [-0.2, 0) is 11.3 Å². The first kappa shape index (κ1) is 18.0. The maximum Gasteiger partial charge on any atom is 0.321 e. The number of amides is 3. The Morgan fingerprint density at radius 3 is 2.73 bits per heavy atom. The molecule has 0 aliphatic heterocycles. The van der Waals surface area contributed by atoms with Crippen LogP contribution < -0.4 is 20.3 Å². The van der Waals surface area contributed by atoms with Gasteiger partial charge in [0.2, 0.25) is 0 Å². The van der Waals surface area contributed by atoms with Crippen molar-refractivity contribution in [3.05, 3.63) is 29.8 Å². The third-order valence-electron chi connectivity index (χ3n) is 3.35. The fourth-order valence-electron chi connectivity index (χ4n) is 2.00. The van der Waals surface area contributed by atoms with Crippen molar-refractivity contribution in [2.45, 2.75) is 32.9 Å². The van der Waals surface area contributed by atoms with Crippen molar-refractivity contribution in [3.63, 3.8) is 0 Å². The third-order valence-corrected chi connectivity index (χ3v) is 3.35. The zero-order valence-corrected chi connectivity index (χ0v) is 13.7. The molecule has 6 heteroatoms. The standard InChI is InChI=1S/C16H25N3O3/c1-5-12(2)17-16(21)18-15(20)11-19(3)10-13-7-6-8-14(9-13)22-4/h6-9,12H,5,10-11H2,1-4H3,(H2,17,18,20,21)/p+1/t12-/m0/s1. The predicted octanol–water partition coefficient (Wildman–Crippen LogP) is 0.334. The van der Waals surface area contributed by atoms with Gasteiger partial charge in [-0.1, -0.05) is 19.1 Å². The van der Waals surface area contributed by atoms with Crippen LogP contribution in [0.5, 0.6) is 5.75 Å². The van der Waals surface area contributed by atoms with Crippen molar-refractivity contribution < 1.29 is 19.2 Å². The third kappa shape index (κ3) is 6.58. The van der Waals surface area contributed by atoms with Crippen LogP contribution in [0.4, 0.5) is 4.79 Å². The van der Waals surface area contributed by atoms with E-state index in [4.69, 9.17) is 4.74 Å². The Morgan fingerprint density at radius 1 is 1.36 bits per heavy atom. The molecule has 0 aliphatic rings. The number of benzene rings is 1. The second kappa shape index (κ2) is 9.04. The van der Waals surface area contributed by atoms with Crippen molar-refractivity contribution >= 4 is 11.9 Å². The molecule has 2 atom stereocenters. The fraction of sp³-hybridized carbons (Fsp3) is 0.500. The number of imide groups is 1. The van der Waals surface area contributed by atoms with E-state index in [1.54, 1.807) is 7.11 Å². The Morgan fingerprint density at radius 2 is 2.09 bits per heavy atom. The molecular formula is C16H26N3O3+. The van der Waals surface area contributed by atoms with Gasteiger partial charge in [-0.3, -0.25) is 10.1 Å². The molecule has 0 bridgehead atoms. The fourth-order valence-corrected chi connectivity index (χ4v) is 2.00. The maximum atomic E-state index is 11.8. The lowest BCUT2D eigenvalue weighted by Gasteiger charge is -2.15. The molecule has 0 heterocycles. The lowest BCUT2D eigenvalue weighted by molar-refractivity contribution is -0.885. The number of nitrogens with one attached hydrogen (secondary N) is 3. The lowest BCUT2D eigenvalue weighted by Crippen LogP contribution is -3.09. The summed E-state index contributed by atoms with van der Waals surface area (Å²) in [5, 5.41) is 5.05. The molecule has 3 N–H and O–H groups in total. The molecule has 1 rings (SSSR count). The molecule has 1 aromatic carbocycles. The summed E-state index contributed by atoms with van der Waals surface area (Å²) in [6, 6.07) is 7.34. The Kier molecular flexibility index (Phi) is 7.39. The number of hydrogen-bond acceptors (Lipinski definition) is 3. The van der Waals surface area contributed by atoms with Crippen LogP contribution in [0.1, 0.15) is 25.8 Å². The number of carbonyl (C=O) groups is 2. The molecule has 0 aromatic heterocycles. The molecule has 22 heavy (non-hydrogen) atoms. The number of quaternary nitrogens is 1. The lowest BCUT2D eigenvalue weighted by atomic mass is 10.2. The van der Waals surface area contributed by atoms with Gasteiger partial charge in [-0.2, -0.15) is 0 Å². The van der Waals surface area contributed by atoms with Crippen molar-refractivity contribution in [1.82, 2.24) is 10.6 Å². The minimum absolute atomic E-state index is 0.0506. The first-order valence-corrected chi connectivity index (χ1v) is 7.49. The van der Waals surface area contributed by atoms with E-state index in [-0.39, 0.29) is 18.5 Å². The molecular weight excluding hydrogens is 282 g/mol. The zero-order chi connectivity index (χ0) is 16.5. The highest BCUT2D eigenvalue weighted by molar-refractivity contribution is 5.94. The van der Waals surface area contributed by atoms with Crippen LogP contribution in [0.25, 0.3) is 0 Å². The summed E-state index contributed by atoms with van der Waals surface area (Å²) >= 11 is 0. The van der Waals surface area contributed by atoms with Crippen molar-refractivity contribution in [1.29, 1.82) is 0 Å². The SMILES string of the molecule is CC[C@H](C)NC(=O)NC(=O)C[NH+](C)Cc1cccc(OC)c1. The molecule has 6 nitrogen and oxygen atoms in total. The second-order valence-corrected chi connectivity index (χ2v) is 5.49. The van der Waals surface area contributed by atoms with Crippen molar-refractivity contribution in [2.24, 2.45) is 0 Å². The average Bonchev–Trinajstić information content (AvgIpc) is 2.46. The van der Waals surface area contributed by atoms with E-state index in [2.05, 4.69) is 10.6 Å². The smallest absolute Gasteiger partial charge is 0.321 e. The van der Waals surface area contributed by atoms with Crippen LogP contribution in [0.3, 0.4) is 0 Å². The summed E-state index contributed by atoms with van der Waals surface area (Å²) in [4.78, 5) is 24.4. The molecule has 0 saturated carbocycles.